The van der Waals surface area contributed by atoms with Crippen LogP contribution >= 0.6 is 11.6 Å². The van der Waals surface area contributed by atoms with Crippen LogP contribution in [0.3, 0.4) is 0 Å². The van der Waals surface area contributed by atoms with Crippen molar-refractivity contribution in [1.82, 2.24) is 5.32 Å². The molecule has 2 aromatic rings. The maximum atomic E-state index is 12.4. The van der Waals surface area contributed by atoms with Crippen molar-refractivity contribution in [3.8, 4) is 5.75 Å². The molecule has 1 aliphatic heterocycles. The number of amides is 2. The fraction of sp³-hybridized carbons (Fsp3) is 0.261. The number of nitrogens with one attached hydrogen (secondary N) is 2. The van der Waals surface area contributed by atoms with Gasteiger partial charge in [0.25, 0.3) is 11.8 Å². The molecule has 1 aliphatic rings. The average molecular weight is 443 g/mol. The molecule has 2 amide bonds. The lowest BCUT2D eigenvalue weighted by Gasteiger charge is -2.17. The van der Waals surface area contributed by atoms with Crippen LogP contribution in [0, 0.1) is 5.92 Å². The van der Waals surface area contributed by atoms with Gasteiger partial charge in [-0.2, -0.15) is 0 Å². The van der Waals surface area contributed by atoms with E-state index in [0.717, 1.165) is 0 Å². The highest BCUT2D eigenvalue weighted by molar-refractivity contribution is 6.30. The summed E-state index contributed by atoms with van der Waals surface area (Å²) >= 11 is 5.97. The van der Waals surface area contributed by atoms with Crippen molar-refractivity contribution in [1.29, 1.82) is 0 Å². The van der Waals surface area contributed by atoms with Gasteiger partial charge in [0.05, 0.1) is 16.8 Å². The monoisotopic (exact) mass is 442 g/mol. The van der Waals surface area contributed by atoms with Crippen molar-refractivity contribution < 1.29 is 23.9 Å². The van der Waals surface area contributed by atoms with Crippen LogP contribution < -0.4 is 15.4 Å². The first kappa shape index (κ1) is 22.4. The molecule has 0 atom stereocenters. The van der Waals surface area contributed by atoms with Gasteiger partial charge >= 0.3 is 5.97 Å². The minimum Gasteiger partial charge on any atom is -0.488 e. The van der Waals surface area contributed by atoms with Crippen molar-refractivity contribution in [2.24, 2.45) is 5.92 Å². The third-order valence-corrected chi connectivity index (χ3v) is 4.63. The molecule has 2 aromatic carbocycles. The molecular weight excluding hydrogens is 420 g/mol. The van der Waals surface area contributed by atoms with Gasteiger partial charge in [0, 0.05) is 17.1 Å². The average Bonchev–Trinajstić information content (AvgIpc) is 2.75. The summed E-state index contributed by atoms with van der Waals surface area (Å²) < 4.78 is 10.6. The Labute approximate surface area is 185 Å². The number of benzene rings is 2. The number of carbonyl (C=O) groups excluding carboxylic acids is 3. The Morgan fingerprint density at radius 1 is 1.16 bits per heavy atom. The number of carbonyl (C=O) groups is 3. The van der Waals surface area contributed by atoms with Crippen molar-refractivity contribution in [3.63, 3.8) is 0 Å². The summed E-state index contributed by atoms with van der Waals surface area (Å²) in [7, 11) is 0. The Kier molecular flexibility index (Phi) is 7.31. The molecule has 0 fully saturated rings. The van der Waals surface area contributed by atoms with Crippen LogP contribution in [0.4, 0.5) is 5.69 Å². The van der Waals surface area contributed by atoms with Crippen molar-refractivity contribution >= 4 is 41.1 Å². The van der Waals surface area contributed by atoms with Gasteiger partial charge in [0.2, 0.25) is 0 Å². The highest BCUT2D eigenvalue weighted by Gasteiger charge is 2.20. The van der Waals surface area contributed by atoms with Gasteiger partial charge in [0.1, 0.15) is 12.4 Å². The SMILES string of the molecule is CC(C)CNC(=O)c1ccccc1NC(=O)COC(=O)C1=Cc2cc(Cl)ccc2OC1. The van der Waals surface area contributed by atoms with E-state index in [1.807, 2.05) is 13.8 Å². The van der Waals surface area contributed by atoms with E-state index in [0.29, 0.717) is 40.0 Å². The van der Waals surface area contributed by atoms with E-state index in [2.05, 4.69) is 10.6 Å². The van der Waals surface area contributed by atoms with E-state index in [9.17, 15) is 14.4 Å². The van der Waals surface area contributed by atoms with Crippen molar-refractivity contribution in [2.75, 3.05) is 25.1 Å². The molecule has 0 spiro atoms. The Hall–Kier alpha value is -3.32. The summed E-state index contributed by atoms with van der Waals surface area (Å²) in [6, 6.07) is 11.7. The Bertz CT molecular complexity index is 1030. The molecule has 0 radical (unpaired) electrons. The summed E-state index contributed by atoms with van der Waals surface area (Å²) in [6.07, 6.45) is 1.62. The van der Waals surface area contributed by atoms with Crippen LogP contribution in [0.1, 0.15) is 29.8 Å². The zero-order valence-electron chi connectivity index (χ0n) is 17.2. The first-order chi connectivity index (χ1) is 14.8. The second kappa shape index (κ2) is 10.1. The van der Waals surface area contributed by atoms with E-state index in [-0.39, 0.29) is 18.1 Å². The number of esters is 1. The topological polar surface area (TPSA) is 93.7 Å². The number of fused-ring (bicyclic) bond motifs is 1. The molecule has 0 unspecified atom stereocenters. The molecule has 31 heavy (non-hydrogen) atoms. The molecule has 7 nitrogen and oxygen atoms in total. The molecule has 0 saturated carbocycles. The van der Waals surface area contributed by atoms with Crippen LogP contribution in [0.2, 0.25) is 5.02 Å². The van der Waals surface area contributed by atoms with Crippen molar-refractivity contribution in [3.05, 3.63) is 64.2 Å². The first-order valence-corrected chi connectivity index (χ1v) is 10.2. The molecule has 0 aliphatic carbocycles. The predicted molar refractivity (Wildman–Crippen MR) is 118 cm³/mol. The smallest absolute Gasteiger partial charge is 0.338 e. The van der Waals surface area contributed by atoms with Gasteiger partial charge in [0.15, 0.2) is 6.61 Å². The lowest BCUT2D eigenvalue weighted by Crippen LogP contribution is -2.29. The van der Waals surface area contributed by atoms with Gasteiger partial charge in [-0.1, -0.05) is 37.6 Å². The summed E-state index contributed by atoms with van der Waals surface area (Å²) in [4.78, 5) is 37.0. The fourth-order valence-corrected chi connectivity index (χ4v) is 3.04. The van der Waals surface area contributed by atoms with Gasteiger partial charge in [-0.3, -0.25) is 9.59 Å². The lowest BCUT2D eigenvalue weighted by atomic mass is 10.1. The molecule has 0 saturated heterocycles. The van der Waals surface area contributed by atoms with E-state index in [4.69, 9.17) is 21.1 Å². The molecule has 0 bridgehead atoms. The third-order valence-electron chi connectivity index (χ3n) is 4.40. The molecule has 162 valence electrons. The number of anilines is 1. The molecule has 0 aromatic heterocycles. The Morgan fingerprint density at radius 3 is 2.71 bits per heavy atom. The maximum Gasteiger partial charge on any atom is 0.338 e. The van der Waals surface area contributed by atoms with Crippen LogP contribution in [-0.4, -0.2) is 37.5 Å². The normalized spacial score (nSPS) is 12.3. The first-order valence-electron chi connectivity index (χ1n) is 9.80. The minimum absolute atomic E-state index is 0.0357. The summed E-state index contributed by atoms with van der Waals surface area (Å²) in [5.41, 5.74) is 1.61. The largest absolute Gasteiger partial charge is 0.488 e. The number of hydrogen-bond donors (Lipinski definition) is 2. The minimum atomic E-state index is -0.663. The number of rotatable bonds is 7. The Balaban J connectivity index is 1.59. The van der Waals surface area contributed by atoms with E-state index in [1.165, 1.54) is 0 Å². The lowest BCUT2D eigenvalue weighted by molar-refractivity contribution is -0.143. The quantitative estimate of drug-likeness (QED) is 0.638. The fourth-order valence-electron chi connectivity index (χ4n) is 2.86. The molecule has 2 N–H and O–H groups in total. The van der Waals surface area contributed by atoms with Gasteiger partial charge < -0.3 is 20.1 Å². The zero-order chi connectivity index (χ0) is 22.4. The number of para-hydroxylation sites is 1. The highest BCUT2D eigenvalue weighted by Crippen LogP contribution is 2.29. The van der Waals surface area contributed by atoms with Crippen LogP contribution in [0.5, 0.6) is 5.75 Å². The number of halogens is 1. The van der Waals surface area contributed by atoms with E-state index in [1.54, 1.807) is 48.5 Å². The van der Waals surface area contributed by atoms with Crippen molar-refractivity contribution in [2.45, 2.75) is 13.8 Å². The maximum absolute atomic E-state index is 12.4. The number of hydrogen-bond acceptors (Lipinski definition) is 5. The third kappa shape index (κ3) is 6.08. The van der Waals surface area contributed by atoms with Gasteiger partial charge in [-0.05, 0) is 42.3 Å². The predicted octanol–water partition coefficient (Wildman–Crippen LogP) is 3.68. The molecule has 1 heterocycles. The second-order valence-corrected chi connectivity index (χ2v) is 7.85. The number of ether oxygens (including phenoxy) is 2. The summed E-state index contributed by atoms with van der Waals surface area (Å²) in [5, 5.41) is 5.94. The van der Waals surface area contributed by atoms with Crippen LogP contribution in [0.25, 0.3) is 6.08 Å². The van der Waals surface area contributed by atoms with E-state index >= 15 is 0 Å². The van der Waals surface area contributed by atoms with Crippen LogP contribution in [-0.2, 0) is 14.3 Å². The zero-order valence-corrected chi connectivity index (χ0v) is 18.0. The van der Waals surface area contributed by atoms with Gasteiger partial charge in [-0.15, -0.1) is 0 Å². The summed E-state index contributed by atoms with van der Waals surface area (Å²) in [5.74, 6) is -0.595. The van der Waals surface area contributed by atoms with Gasteiger partial charge in [-0.25, -0.2) is 4.79 Å². The molecule has 3 rings (SSSR count). The standard InChI is InChI=1S/C23H23ClN2O5/c1-14(2)11-25-22(28)18-5-3-4-6-19(18)26-21(27)13-31-23(29)16-9-15-10-17(24)7-8-20(15)30-12-16/h3-10,14H,11-13H2,1-2H3,(H,25,28)(H,26,27). The second-order valence-electron chi connectivity index (χ2n) is 7.41. The molecule has 8 heteroatoms. The van der Waals surface area contributed by atoms with Crippen LogP contribution in [0.15, 0.2) is 48.0 Å². The van der Waals surface area contributed by atoms with E-state index < -0.39 is 18.5 Å². The highest BCUT2D eigenvalue weighted by atomic mass is 35.5. The molecular formula is C23H23ClN2O5. The summed E-state index contributed by atoms with van der Waals surface area (Å²) in [6.45, 7) is 4.03. The Morgan fingerprint density at radius 2 is 1.94 bits per heavy atom.